The topological polar surface area (TPSA) is 162 Å². The van der Waals surface area contributed by atoms with Gasteiger partial charge in [-0.15, -0.1) is 0 Å². The van der Waals surface area contributed by atoms with Crippen molar-refractivity contribution in [2.24, 2.45) is 23.7 Å². The SMILES string of the molecule is C1C2CC3CC1CC(C2)C3.CC.CC.CC.CC.CC.CC.CC.CC.CC.CC.CC(c1ccccc1)(c1ccc(O)cc1)c1ccc(O)cc1.CC1(C)CC2(CC(C)(C)c3ccc(O)cc32)c2cc(O)ccc21.Cc1ccc(O)cc1.Cc1ccc(O)cc1.Oc1ccc(C2(c3ccc(O)cc3)CCCCC2)cc1. The van der Waals surface area contributed by atoms with Crippen LogP contribution in [0, 0.1) is 37.5 Å². The lowest BCUT2D eigenvalue weighted by Crippen LogP contribution is -2.38. The molecule has 1 spiro atoms. The Morgan fingerprint density at radius 1 is 0.261 bits per heavy atom. The van der Waals surface area contributed by atoms with Gasteiger partial charge in [0.25, 0.3) is 0 Å². The Bertz CT molecular complexity index is 3500. The van der Waals surface area contributed by atoms with Gasteiger partial charge in [-0.3, -0.25) is 0 Å². The van der Waals surface area contributed by atoms with Gasteiger partial charge in [0, 0.05) is 16.2 Å². The van der Waals surface area contributed by atoms with E-state index in [0.29, 0.717) is 34.5 Å². The standard InChI is InChI=1S/C21H24O2.C20H18O2.C18H20O2.C10H16.2C7H8O.10C2H6/c1-19(2)11-21(17-9-13(22)5-7-15(17)19)12-20(3,4)16-8-6-14(23)10-18(16)21;1-20(15-5-3-2-4-6-15,16-7-11-18(21)12-8-16)17-9-13-19(22)14-10-17;19-16-8-4-14(5-9-16)18(12-2-1-3-13-18)15-6-10-17(20)11-7-15;1-7-2-9-4-8(1)5-10(3-7)6-9;2*1-6-2-4-7(8)5-3-6;10*1-2/h5-10,22-23H,11-12H2,1-4H3;2-14,21-22H,1H3;4-11,19-20H,1-3,12-13H2;7-10H,1-6H2;2*2-5,8H,1H3;10*1-2H3. The van der Waals surface area contributed by atoms with E-state index in [1.165, 1.54) is 87.4 Å². The zero-order valence-corrected chi connectivity index (χ0v) is 74.3. The van der Waals surface area contributed by atoms with Crippen molar-refractivity contribution >= 4 is 0 Å². The second-order valence-electron chi connectivity index (χ2n) is 28.5. The molecule has 111 heavy (non-hydrogen) atoms. The van der Waals surface area contributed by atoms with E-state index in [1.54, 1.807) is 123 Å². The van der Waals surface area contributed by atoms with E-state index in [2.05, 4.69) is 58.9 Å². The van der Waals surface area contributed by atoms with E-state index in [0.717, 1.165) is 42.4 Å². The van der Waals surface area contributed by atoms with E-state index in [4.69, 9.17) is 10.2 Å². The molecular formula is C103H154O8. The minimum atomic E-state index is -0.358. The fourth-order valence-corrected chi connectivity index (χ4v) is 16.7. The molecule has 0 heterocycles. The molecule has 0 saturated heterocycles. The molecule has 5 fully saturated rings. The molecule has 7 aliphatic carbocycles. The van der Waals surface area contributed by atoms with Crippen molar-refractivity contribution in [1.82, 2.24) is 0 Å². The van der Waals surface area contributed by atoms with Crippen LogP contribution in [0.2, 0.25) is 0 Å². The number of phenolic OH excluding ortho intramolecular Hbond substituents is 8. The normalized spacial score (nSPS) is 17.1. The highest BCUT2D eigenvalue weighted by Crippen LogP contribution is 2.63. The second kappa shape index (κ2) is 53.3. The zero-order chi connectivity index (χ0) is 84.7. The van der Waals surface area contributed by atoms with Crippen LogP contribution in [0.4, 0.5) is 0 Å². The first kappa shape index (κ1) is 102. The van der Waals surface area contributed by atoms with E-state index in [-0.39, 0.29) is 38.6 Å². The Hall–Kier alpha value is -8.62. The van der Waals surface area contributed by atoms with Gasteiger partial charge in [0.1, 0.15) is 46.0 Å². The van der Waals surface area contributed by atoms with Gasteiger partial charge < -0.3 is 40.9 Å². The van der Waals surface area contributed by atoms with Gasteiger partial charge in [-0.25, -0.2) is 0 Å². The lowest BCUT2D eigenvalue weighted by molar-refractivity contribution is 0.0198. The average Bonchev–Trinajstić information content (AvgIpc) is 1.53. The van der Waals surface area contributed by atoms with E-state index < -0.39 is 0 Å². The third kappa shape index (κ3) is 29.1. The highest BCUT2D eigenvalue weighted by atomic mass is 16.3. The smallest absolute Gasteiger partial charge is 0.115 e. The number of benzene rings is 9. The molecule has 0 amide bonds. The predicted molar refractivity (Wildman–Crippen MR) is 481 cm³/mol. The molecule has 8 heteroatoms. The summed E-state index contributed by atoms with van der Waals surface area (Å²) in [5.41, 5.74) is 13.0. The van der Waals surface area contributed by atoms with Crippen LogP contribution in [-0.4, -0.2) is 40.9 Å². The Morgan fingerprint density at radius 3 is 0.757 bits per heavy atom. The van der Waals surface area contributed by atoms with E-state index in [9.17, 15) is 30.6 Å². The summed E-state index contributed by atoms with van der Waals surface area (Å²) in [6.07, 6.45) is 17.6. The third-order valence-corrected chi connectivity index (χ3v) is 20.8. The summed E-state index contributed by atoms with van der Waals surface area (Å²) in [6, 6.07) is 65.9. The van der Waals surface area contributed by atoms with Gasteiger partial charge in [0.05, 0.1) is 0 Å². The van der Waals surface area contributed by atoms with Crippen molar-refractivity contribution in [3.8, 4) is 46.0 Å². The maximum Gasteiger partial charge on any atom is 0.115 e. The Labute approximate surface area is 677 Å². The largest absolute Gasteiger partial charge is 0.508 e. The summed E-state index contributed by atoms with van der Waals surface area (Å²) in [6.45, 7) is 55.3. The molecule has 0 aliphatic heterocycles. The van der Waals surface area contributed by atoms with Gasteiger partial charge in [0.2, 0.25) is 0 Å². The predicted octanol–water partition coefficient (Wildman–Crippen LogP) is 30.0. The fourth-order valence-electron chi connectivity index (χ4n) is 16.7. The second-order valence-corrected chi connectivity index (χ2v) is 28.5. The summed E-state index contributed by atoms with van der Waals surface area (Å²) in [4.78, 5) is 0. The summed E-state index contributed by atoms with van der Waals surface area (Å²) >= 11 is 0. The molecule has 9 aromatic carbocycles. The van der Waals surface area contributed by atoms with E-state index in [1.807, 2.05) is 255 Å². The highest BCUT2D eigenvalue weighted by molar-refractivity contribution is 5.62. The van der Waals surface area contributed by atoms with E-state index >= 15 is 0 Å². The molecule has 8 N–H and O–H groups in total. The first-order valence-electron chi connectivity index (χ1n) is 42.9. The molecule has 5 saturated carbocycles. The summed E-state index contributed by atoms with van der Waals surface area (Å²) in [7, 11) is 0. The molecular weight excluding hydrogens is 1370 g/mol. The minimum absolute atomic E-state index is 0.0274. The zero-order valence-electron chi connectivity index (χ0n) is 74.3. The first-order valence-corrected chi connectivity index (χ1v) is 42.9. The van der Waals surface area contributed by atoms with Crippen LogP contribution in [0.1, 0.15) is 318 Å². The number of hydrogen-bond donors (Lipinski definition) is 8. The molecule has 0 unspecified atom stereocenters. The van der Waals surface area contributed by atoms with Crippen molar-refractivity contribution in [3.63, 3.8) is 0 Å². The lowest BCUT2D eigenvalue weighted by Gasteiger charge is -2.49. The van der Waals surface area contributed by atoms with Gasteiger partial charge in [-0.2, -0.15) is 0 Å². The molecule has 0 atom stereocenters. The van der Waals surface area contributed by atoms with Crippen LogP contribution in [-0.2, 0) is 27.1 Å². The molecule has 9 aromatic rings. The molecule has 4 bridgehead atoms. The fraction of sp³-hybridized carbons (Fsp3) is 0.476. The molecule has 8 nitrogen and oxygen atoms in total. The number of aromatic hydroxyl groups is 8. The number of fused-ring (bicyclic) bond motifs is 4. The van der Waals surface area contributed by atoms with Gasteiger partial charge >= 0.3 is 0 Å². The molecule has 0 aromatic heterocycles. The average molecular weight is 1520 g/mol. The van der Waals surface area contributed by atoms with Crippen LogP contribution in [0.25, 0.3) is 0 Å². The molecule has 7 aliphatic rings. The number of phenols is 8. The van der Waals surface area contributed by atoms with Gasteiger partial charge in [-0.1, -0.05) is 312 Å². The van der Waals surface area contributed by atoms with Crippen molar-refractivity contribution < 1.29 is 40.9 Å². The summed E-state index contributed by atoms with van der Waals surface area (Å²) < 4.78 is 0. The monoisotopic (exact) mass is 1520 g/mol. The Kier molecular flexibility index (Phi) is 49.2. The molecule has 0 radical (unpaired) electrons. The first-order chi connectivity index (χ1) is 53.4. The molecule has 614 valence electrons. The highest BCUT2D eigenvalue weighted by Gasteiger charge is 2.56. The number of hydrogen-bond acceptors (Lipinski definition) is 8. The minimum Gasteiger partial charge on any atom is -0.508 e. The van der Waals surface area contributed by atoms with Crippen molar-refractivity contribution in [1.29, 1.82) is 0 Å². The van der Waals surface area contributed by atoms with Crippen LogP contribution >= 0.6 is 0 Å². The quantitative estimate of drug-likeness (QED) is 0.0790. The van der Waals surface area contributed by atoms with Gasteiger partial charge in [-0.05, 0) is 267 Å². The third-order valence-electron chi connectivity index (χ3n) is 20.8. The Morgan fingerprint density at radius 2 is 0.495 bits per heavy atom. The van der Waals surface area contributed by atoms with Crippen molar-refractivity contribution in [2.75, 3.05) is 0 Å². The lowest BCUT2D eigenvalue weighted by atomic mass is 9.56. The van der Waals surface area contributed by atoms with Crippen LogP contribution in [0.3, 0.4) is 0 Å². The van der Waals surface area contributed by atoms with Crippen molar-refractivity contribution in [2.45, 2.75) is 297 Å². The van der Waals surface area contributed by atoms with Gasteiger partial charge in [0.15, 0.2) is 0 Å². The maximum atomic E-state index is 10.1. The van der Waals surface area contributed by atoms with Crippen LogP contribution < -0.4 is 0 Å². The summed E-state index contributed by atoms with van der Waals surface area (Å²) in [5, 5.41) is 75.9. The summed E-state index contributed by atoms with van der Waals surface area (Å²) in [5.74, 6) is 7.15. The molecule has 16 rings (SSSR count). The van der Waals surface area contributed by atoms with Crippen molar-refractivity contribution in [3.05, 3.63) is 274 Å². The van der Waals surface area contributed by atoms with Crippen LogP contribution in [0.5, 0.6) is 46.0 Å². The Balaban J connectivity index is 0.00000129. The number of aryl methyl sites for hydroxylation is 2. The van der Waals surface area contributed by atoms with Crippen LogP contribution in [0.15, 0.2) is 212 Å². The number of rotatable bonds is 5. The maximum absolute atomic E-state index is 10.1.